The van der Waals surface area contributed by atoms with Crippen LogP contribution in [0.4, 0.5) is 4.39 Å². The lowest BCUT2D eigenvalue weighted by atomic mass is 9.48. The zero-order chi connectivity index (χ0) is 16.9. The largest absolute Gasteiger partial charge is 0.341 e. The highest BCUT2D eigenvalue weighted by molar-refractivity contribution is 7.85. The maximum atomic E-state index is 13.0. The van der Waals surface area contributed by atoms with E-state index in [1.54, 1.807) is 12.1 Å². The molecule has 1 amide bonds. The van der Waals surface area contributed by atoms with E-state index in [9.17, 15) is 13.4 Å². The second kappa shape index (κ2) is 5.94. The predicted molar refractivity (Wildman–Crippen MR) is 91.3 cm³/mol. The van der Waals surface area contributed by atoms with Crippen LogP contribution in [0.5, 0.6) is 0 Å². The van der Waals surface area contributed by atoms with Crippen LogP contribution in [0.25, 0.3) is 0 Å². The Labute approximate surface area is 145 Å². The van der Waals surface area contributed by atoms with Crippen LogP contribution in [0.2, 0.25) is 0 Å². The van der Waals surface area contributed by atoms with Gasteiger partial charge in [-0.3, -0.25) is 9.00 Å². The fourth-order valence-electron chi connectivity index (χ4n) is 5.03. The van der Waals surface area contributed by atoms with Gasteiger partial charge in [-0.2, -0.15) is 0 Å². The molecule has 2 saturated carbocycles. The van der Waals surface area contributed by atoms with Gasteiger partial charge in [-0.05, 0) is 67.7 Å². The van der Waals surface area contributed by atoms with Gasteiger partial charge in [0.15, 0.2) is 0 Å². The summed E-state index contributed by atoms with van der Waals surface area (Å²) in [6.45, 7) is 3.56. The molecular weight excluding hydrogens is 325 g/mol. The van der Waals surface area contributed by atoms with Crippen LogP contribution in [-0.2, 0) is 15.6 Å². The van der Waals surface area contributed by atoms with E-state index >= 15 is 0 Å². The van der Waals surface area contributed by atoms with Crippen LogP contribution in [0.1, 0.15) is 39.0 Å². The summed E-state index contributed by atoms with van der Waals surface area (Å²) < 4.78 is 25.6. The molecule has 0 N–H and O–H groups in total. The summed E-state index contributed by atoms with van der Waals surface area (Å²) >= 11 is 0. The monoisotopic (exact) mass is 349 g/mol. The lowest BCUT2D eigenvalue weighted by Gasteiger charge is -2.57. The average Bonchev–Trinajstić information content (AvgIpc) is 2.98. The molecule has 1 heterocycles. The van der Waals surface area contributed by atoms with Crippen molar-refractivity contribution in [3.8, 4) is 0 Å². The minimum atomic E-state index is -1.17. The molecule has 1 aliphatic heterocycles. The van der Waals surface area contributed by atoms with Gasteiger partial charge < -0.3 is 4.90 Å². The second-order valence-corrected chi connectivity index (χ2v) is 9.80. The maximum Gasteiger partial charge on any atom is 0.225 e. The van der Waals surface area contributed by atoms with Crippen LogP contribution in [0, 0.1) is 23.1 Å². The summed E-state index contributed by atoms with van der Waals surface area (Å²) in [5.74, 6) is 0.966. The predicted octanol–water partition coefficient (Wildman–Crippen LogP) is 3.36. The molecule has 4 rings (SSSR count). The minimum Gasteiger partial charge on any atom is -0.341 e. The Hall–Kier alpha value is -1.23. The van der Waals surface area contributed by atoms with Crippen LogP contribution >= 0.6 is 0 Å². The Morgan fingerprint density at radius 3 is 2.50 bits per heavy atom. The molecule has 0 aromatic heterocycles. The van der Waals surface area contributed by atoms with Gasteiger partial charge in [-0.25, -0.2) is 4.39 Å². The third-order valence-electron chi connectivity index (χ3n) is 6.08. The van der Waals surface area contributed by atoms with Gasteiger partial charge in [0.25, 0.3) is 0 Å². The lowest BCUT2D eigenvalue weighted by molar-refractivity contribution is -0.149. The van der Waals surface area contributed by atoms with E-state index in [0.717, 1.165) is 25.2 Å². The van der Waals surface area contributed by atoms with E-state index in [1.165, 1.54) is 25.0 Å². The first-order valence-corrected chi connectivity index (χ1v) is 10.1. The molecule has 24 heavy (non-hydrogen) atoms. The molecule has 0 radical (unpaired) electrons. The summed E-state index contributed by atoms with van der Waals surface area (Å²) in [7, 11) is -1.17. The van der Waals surface area contributed by atoms with E-state index < -0.39 is 10.8 Å². The van der Waals surface area contributed by atoms with E-state index in [0.29, 0.717) is 23.4 Å². The number of hydrogen-bond acceptors (Lipinski definition) is 2. The number of benzene rings is 1. The number of halogens is 1. The number of nitrogens with zero attached hydrogens (tertiary/aromatic N) is 1. The second-order valence-electron chi connectivity index (χ2n) is 8.06. The van der Waals surface area contributed by atoms with Crippen molar-refractivity contribution in [2.75, 3.05) is 13.1 Å². The zero-order valence-corrected chi connectivity index (χ0v) is 14.9. The van der Waals surface area contributed by atoms with E-state index in [1.807, 2.05) is 4.90 Å². The van der Waals surface area contributed by atoms with Crippen molar-refractivity contribution in [2.24, 2.45) is 17.3 Å². The molecule has 0 bridgehead atoms. The molecule has 2 unspecified atom stereocenters. The molecule has 1 spiro atoms. The van der Waals surface area contributed by atoms with Gasteiger partial charge in [-0.15, -0.1) is 0 Å². The van der Waals surface area contributed by atoms with Crippen molar-refractivity contribution >= 4 is 16.7 Å². The molecule has 3 aliphatic rings. The zero-order valence-electron chi connectivity index (χ0n) is 14.0. The van der Waals surface area contributed by atoms with Gasteiger partial charge in [-0.1, -0.05) is 6.92 Å². The van der Waals surface area contributed by atoms with Crippen LogP contribution in [0.15, 0.2) is 29.2 Å². The molecule has 2 aliphatic carbocycles. The van der Waals surface area contributed by atoms with Gasteiger partial charge >= 0.3 is 0 Å². The van der Waals surface area contributed by atoms with Crippen molar-refractivity contribution < 1.29 is 13.4 Å². The van der Waals surface area contributed by atoms with Crippen molar-refractivity contribution in [2.45, 2.75) is 49.2 Å². The normalized spacial score (nSPS) is 36.2. The highest BCUT2D eigenvalue weighted by atomic mass is 32.2. The Morgan fingerprint density at radius 1 is 1.21 bits per heavy atom. The topological polar surface area (TPSA) is 37.4 Å². The first-order valence-electron chi connectivity index (χ1n) is 8.91. The van der Waals surface area contributed by atoms with Crippen molar-refractivity contribution in [3.63, 3.8) is 0 Å². The van der Waals surface area contributed by atoms with E-state index in [2.05, 4.69) is 6.92 Å². The maximum absolute atomic E-state index is 13.0. The number of hydrogen-bond donors (Lipinski definition) is 0. The van der Waals surface area contributed by atoms with Crippen LogP contribution in [0.3, 0.4) is 0 Å². The molecule has 1 aromatic carbocycles. The van der Waals surface area contributed by atoms with Gasteiger partial charge in [0.1, 0.15) is 5.82 Å². The average molecular weight is 349 g/mol. The summed E-state index contributed by atoms with van der Waals surface area (Å²) in [5, 5.41) is -0.0304. The quantitative estimate of drug-likeness (QED) is 0.839. The van der Waals surface area contributed by atoms with Crippen molar-refractivity contribution in [1.29, 1.82) is 0 Å². The van der Waals surface area contributed by atoms with Gasteiger partial charge in [0, 0.05) is 23.9 Å². The third-order valence-corrected chi connectivity index (χ3v) is 7.80. The standard InChI is InChI=1S/C19H24FNO2S/c1-13-8-19(9-13)10-14(11-19)18(22)21-7-6-17(12-21)24(23)16-4-2-15(20)3-5-16/h2-5,13-14,17H,6-12H2,1H3. The number of carbonyl (C=O) groups is 1. The fourth-order valence-corrected chi connectivity index (χ4v) is 6.46. The molecule has 3 nitrogen and oxygen atoms in total. The van der Waals surface area contributed by atoms with E-state index in [-0.39, 0.29) is 22.9 Å². The summed E-state index contributed by atoms with van der Waals surface area (Å²) in [4.78, 5) is 15.2. The summed E-state index contributed by atoms with van der Waals surface area (Å²) in [6.07, 6.45) is 5.45. The molecule has 2 atom stereocenters. The van der Waals surface area contributed by atoms with Crippen molar-refractivity contribution in [1.82, 2.24) is 4.90 Å². The van der Waals surface area contributed by atoms with E-state index in [4.69, 9.17) is 0 Å². The fraction of sp³-hybridized carbons (Fsp3) is 0.632. The highest BCUT2D eigenvalue weighted by Crippen LogP contribution is 2.61. The van der Waals surface area contributed by atoms with Gasteiger partial charge in [0.2, 0.25) is 5.91 Å². The lowest BCUT2D eigenvalue weighted by Crippen LogP contribution is -2.52. The first-order chi connectivity index (χ1) is 11.5. The third kappa shape index (κ3) is 2.81. The van der Waals surface area contributed by atoms with Crippen LogP contribution in [-0.4, -0.2) is 33.4 Å². The molecular formula is C19H24FNO2S. The minimum absolute atomic E-state index is 0.0304. The van der Waals surface area contributed by atoms with Crippen LogP contribution < -0.4 is 0 Å². The number of rotatable bonds is 3. The summed E-state index contributed by atoms with van der Waals surface area (Å²) in [5.41, 5.74) is 0.482. The highest BCUT2D eigenvalue weighted by Gasteiger charge is 2.54. The Bertz CT molecular complexity index is 660. The molecule has 5 heteroatoms. The number of amides is 1. The SMILES string of the molecule is CC1CC2(C1)CC(C(=O)N1CCC(S(=O)c3ccc(F)cc3)C1)C2. The number of carbonyl (C=O) groups excluding carboxylic acids is 1. The number of likely N-dealkylation sites (tertiary alicyclic amines) is 1. The molecule has 3 fully saturated rings. The van der Waals surface area contributed by atoms with Crippen molar-refractivity contribution in [3.05, 3.63) is 30.1 Å². The first kappa shape index (κ1) is 16.2. The smallest absolute Gasteiger partial charge is 0.225 e. The summed E-state index contributed by atoms with van der Waals surface area (Å²) in [6, 6.07) is 5.86. The molecule has 130 valence electrons. The Balaban J connectivity index is 1.32. The Kier molecular flexibility index (Phi) is 4.02. The Morgan fingerprint density at radius 2 is 1.88 bits per heavy atom. The molecule has 1 saturated heterocycles. The molecule has 1 aromatic rings. The van der Waals surface area contributed by atoms with Gasteiger partial charge in [0.05, 0.1) is 16.0 Å².